The van der Waals surface area contributed by atoms with Crippen molar-refractivity contribution in [1.29, 1.82) is 0 Å². The van der Waals surface area contributed by atoms with Gasteiger partial charge in [0, 0.05) is 23.0 Å². The van der Waals surface area contributed by atoms with E-state index in [-0.39, 0.29) is 5.91 Å². The molecule has 34 heavy (non-hydrogen) atoms. The number of amides is 1. The van der Waals surface area contributed by atoms with Crippen molar-refractivity contribution < 1.29 is 9.53 Å². The van der Waals surface area contributed by atoms with Gasteiger partial charge in [-0.3, -0.25) is 4.79 Å². The summed E-state index contributed by atoms with van der Waals surface area (Å²) in [5.41, 5.74) is 4.06. The Morgan fingerprint density at radius 3 is 2.50 bits per heavy atom. The molecule has 3 aromatic carbocycles. The second-order valence-electron chi connectivity index (χ2n) is 8.61. The predicted molar refractivity (Wildman–Crippen MR) is 141 cm³/mol. The molecule has 0 unspecified atom stereocenters. The zero-order valence-corrected chi connectivity index (χ0v) is 21.2. The summed E-state index contributed by atoms with van der Waals surface area (Å²) in [5.74, 6) is 2.34. The molecule has 0 saturated heterocycles. The Balaban J connectivity index is 1.35. The fourth-order valence-corrected chi connectivity index (χ4v) is 4.19. The minimum Gasteiger partial charge on any atom is -0.492 e. The first kappa shape index (κ1) is 24.0. The average Bonchev–Trinajstić information content (AvgIpc) is 3.20. The van der Waals surface area contributed by atoms with Gasteiger partial charge in [-0.15, -0.1) is 0 Å². The lowest BCUT2D eigenvalue weighted by Crippen LogP contribution is -2.25. The summed E-state index contributed by atoms with van der Waals surface area (Å²) in [5, 5.41) is 3.00. The van der Waals surface area contributed by atoms with Gasteiger partial charge in [0.2, 0.25) is 0 Å². The molecular formula is C28H30BrN3O2. The molecule has 0 aliphatic heterocycles. The Hall–Kier alpha value is -3.12. The van der Waals surface area contributed by atoms with Crippen molar-refractivity contribution in [3.05, 3.63) is 94.2 Å². The number of fused-ring (bicyclic) bond motifs is 1. The van der Waals surface area contributed by atoms with Gasteiger partial charge in [0.25, 0.3) is 5.91 Å². The third-order valence-corrected chi connectivity index (χ3v) is 6.36. The van der Waals surface area contributed by atoms with Crippen LogP contribution in [0.15, 0.2) is 77.3 Å². The number of halogens is 1. The van der Waals surface area contributed by atoms with Crippen molar-refractivity contribution >= 4 is 32.9 Å². The Kier molecular flexibility index (Phi) is 8.01. The molecule has 0 aliphatic rings. The zero-order valence-electron chi connectivity index (χ0n) is 19.6. The second-order valence-corrected chi connectivity index (χ2v) is 9.52. The molecule has 0 saturated carbocycles. The summed E-state index contributed by atoms with van der Waals surface area (Å²) in [6.45, 7) is 6.25. The molecule has 0 bridgehead atoms. The molecule has 0 fully saturated rings. The monoisotopic (exact) mass is 519 g/mol. The van der Waals surface area contributed by atoms with E-state index < -0.39 is 0 Å². The van der Waals surface area contributed by atoms with Crippen molar-refractivity contribution in [2.45, 2.75) is 39.2 Å². The first-order valence-electron chi connectivity index (χ1n) is 11.7. The van der Waals surface area contributed by atoms with Crippen LogP contribution in [0.25, 0.3) is 11.0 Å². The lowest BCUT2D eigenvalue weighted by molar-refractivity contribution is 0.0953. The van der Waals surface area contributed by atoms with E-state index in [1.807, 2.05) is 54.6 Å². The molecule has 176 valence electrons. The van der Waals surface area contributed by atoms with E-state index >= 15 is 0 Å². The number of aromatic nitrogens is 2. The third-order valence-electron chi connectivity index (χ3n) is 5.83. The van der Waals surface area contributed by atoms with Crippen molar-refractivity contribution in [3.8, 4) is 5.75 Å². The third kappa shape index (κ3) is 6.06. The molecule has 4 aromatic rings. The number of benzene rings is 3. The van der Waals surface area contributed by atoms with Crippen LogP contribution >= 0.6 is 15.9 Å². The lowest BCUT2D eigenvalue weighted by atomic mass is 10.0. The molecule has 0 atom stereocenters. The van der Waals surface area contributed by atoms with Gasteiger partial charge in [-0.05, 0) is 66.4 Å². The van der Waals surface area contributed by atoms with E-state index in [2.05, 4.69) is 57.9 Å². The van der Waals surface area contributed by atoms with E-state index in [9.17, 15) is 4.79 Å². The van der Waals surface area contributed by atoms with Crippen LogP contribution in [0.2, 0.25) is 0 Å². The molecule has 0 aliphatic carbocycles. The van der Waals surface area contributed by atoms with Crippen LogP contribution in [0.3, 0.4) is 0 Å². The molecule has 1 amide bonds. The number of carbonyl (C=O) groups is 1. The van der Waals surface area contributed by atoms with Crippen LogP contribution in [-0.4, -0.2) is 28.6 Å². The number of ether oxygens (including phenoxy) is 1. The maximum atomic E-state index is 12.3. The van der Waals surface area contributed by atoms with Crippen LogP contribution in [0.1, 0.15) is 47.9 Å². The molecule has 1 N–H and O–H groups in total. The quantitative estimate of drug-likeness (QED) is 0.248. The second kappa shape index (κ2) is 11.3. The number of hydrogen-bond acceptors (Lipinski definition) is 3. The Bertz CT molecular complexity index is 1230. The molecule has 1 aromatic heterocycles. The molecule has 1 heterocycles. The molecule has 0 radical (unpaired) electrons. The molecule has 5 nitrogen and oxygen atoms in total. The molecule has 0 spiro atoms. The van der Waals surface area contributed by atoms with Gasteiger partial charge in [-0.1, -0.05) is 54.0 Å². The molecule has 6 heteroatoms. The van der Waals surface area contributed by atoms with Gasteiger partial charge < -0.3 is 14.6 Å². The van der Waals surface area contributed by atoms with Gasteiger partial charge >= 0.3 is 0 Å². The van der Waals surface area contributed by atoms with Crippen molar-refractivity contribution in [1.82, 2.24) is 14.9 Å². The summed E-state index contributed by atoms with van der Waals surface area (Å²) in [4.78, 5) is 17.2. The minimum absolute atomic E-state index is 0.0575. The standard InChI is InChI=1S/C28H30BrN3O2/c1-20(2)21-11-15-24(16-12-21)34-19-18-32-26-7-4-3-6-25(26)31-27(32)8-5-17-30-28(33)22-9-13-23(29)14-10-22/h3-4,6-7,9-16,20H,5,8,17-19H2,1-2H3,(H,30,33). The van der Waals surface area contributed by atoms with Gasteiger partial charge in [-0.25, -0.2) is 4.98 Å². The van der Waals surface area contributed by atoms with Gasteiger partial charge in [-0.2, -0.15) is 0 Å². The largest absolute Gasteiger partial charge is 0.492 e. The highest BCUT2D eigenvalue weighted by molar-refractivity contribution is 9.10. The SMILES string of the molecule is CC(C)c1ccc(OCCn2c(CCCNC(=O)c3ccc(Br)cc3)nc3ccccc32)cc1. The van der Waals surface area contributed by atoms with Crippen LogP contribution < -0.4 is 10.1 Å². The first-order chi connectivity index (χ1) is 16.5. The highest BCUT2D eigenvalue weighted by Gasteiger charge is 2.11. The maximum Gasteiger partial charge on any atom is 0.251 e. The highest BCUT2D eigenvalue weighted by atomic mass is 79.9. The first-order valence-corrected chi connectivity index (χ1v) is 12.5. The van der Waals surface area contributed by atoms with Crippen molar-refractivity contribution in [3.63, 3.8) is 0 Å². The number of carbonyl (C=O) groups excluding carboxylic acids is 1. The van der Waals surface area contributed by atoms with Crippen LogP contribution in [0.5, 0.6) is 5.75 Å². The summed E-state index contributed by atoms with van der Waals surface area (Å²) < 4.78 is 9.21. The molecule has 4 rings (SSSR count). The normalized spacial score (nSPS) is 11.2. The smallest absolute Gasteiger partial charge is 0.251 e. The molecular weight excluding hydrogens is 490 g/mol. The predicted octanol–water partition coefficient (Wildman–Crippen LogP) is 6.36. The van der Waals surface area contributed by atoms with E-state index in [4.69, 9.17) is 9.72 Å². The Labute approximate surface area is 209 Å². The van der Waals surface area contributed by atoms with E-state index in [1.54, 1.807) is 0 Å². The lowest BCUT2D eigenvalue weighted by Gasteiger charge is -2.12. The number of rotatable bonds is 10. The number of para-hydroxylation sites is 2. The number of aryl methyl sites for hydroxylation is 1. The fourth-order valence-electron chi connectivity index (χ4n) is 3.92. The van der Waals surface area contributed by atoms with Gasteiger partial charge in [0.05, 0.1) is 17.6 Å². The summed E-state index contributed by atoms with van der Waals surface area (Å²) in [6, 6.07) is 23.9. The van der Waals surface area contributed by atoms with Crippen LogP contribution in [0, 0.1) is 0 Å². The van der Waals surface area contributed by atoms with Crippen LogP contribution in [-0.2, 0) is 13.0 Å². The summed E-state index contributed by atoms with van der Waals surface area (Å²) in [7, 11) is 0. The number of hydrogen-bond donors (Lipinski definition) is 1. The fraction of sp³-hybridized carbons (Fsp3) is 0.286. The highest BCUT2D eigenvalue weighted by Crippen LogP contribution is 2.20. The zero-order chi connectivity index (χ0) is 23.9. The topological polar surface area (TPSA) is 56.1 Å². The summed E-state index contributed by atoms with van der Waals surface area (Å²) >= 11 is 3.39. The van der Waals surface area contributed by atoms with Crippen molar-refractivity contribution in [2.75, 3.05) is 13.2 Å². The van der Waals surface area contributed by atoms with E-state index in [0.29, 0.717) is 31.2 Å². The average molecular weight is 520 g/mol. The van der Waals surface area contributed by atoms with Crippen LogP contribution in [0.4, 0.5) is 0 Å². The van der Waals surface area contributed by atoms with Gasteiger partial charge in [0.15, 0.2) is 0 Å². The number of nitrogens with zero attached hydrogens (tertiary/aromatic N) is 2. The Morgan fingerprint density at radius 2 is 1.76 bits per heavy atom. The van der Waals surface area contributed by atoms with E-state index in [1.165, 1.54) is 5.56 Å². The van der Waals surface area contributed by atoms with Gasteiger partial charge in [0.1, 0.15) is 18.2 Å². The minimum atomic E-state index is -0.0575. The van der Waals surface area contributed by atoms with E-state index in [0.717, 1.165) is 39.9 Å². The van der Waals surface area contributed by atoms with Crippen molar-refractivity contribution in [2.24, 2.45) is 0 Å². The number of imidazole rings is 1. The Morgan fingerprint density at radius 1 is 1.03 bits per heavy atom. The number of nitrogens with one attached hydrogen (secondary N) is 1. The summed E-state index contributed by atoms with van der Waals surface area (Å²) in [6.07, 6.45) is 1.58. The maximum absolute atomic E-state index is 12.3.